The lowest BCUT2D eigenvalue weighted by atomic mass is 10.1. The number of benzene rings is 1. The summed E-state index contributed by atoms with van der Waals surface area (Å²) in [5.74, 6) is -0.103. The summed E-state index contributed by atoms with van der Waals surface area (Å²) in [5, 5.41) is 9.06. The number of amides is 1. The first kappa shape index (κ1) is 14.3. The predicted molar refractivity (Wildman–Crippen MR) is 83.2 cm³/mol. The highest BCUT2D eigenvalue weighted by molar-refractivity contribution is 7.09. The Kier molecular flexibility index (Phi) is 4.95. The van der Waals surface area contributed by atoms with Crippen molar-refractivity contribution in [2.24, 2.45) is 0 Å². The molecule has 4 N–H and O–H groups in total. The molecule has 106 valence electrons. The minimum absolute atomic E-state index is 0.103. The van der Waals surface area contributed by atoms with Crippen molar-refractivity contribution >= 4 is 28.6 Å². The Morgan fingerprint density at radius 1 is 1.45 bits per heavy atom. The van der Waals surface area contributed by atoms with Crippen LogP contribution in [0.4, 0.5) is 11.4 Å². The van der Waals surface area contributed by atoms with Gasteiger partial charge >= 0.3 is 0 Å². The quantitative estimate of drug-likeness (QED) is 0.712. The number of nitrogens with two attached hydrogens (primary N) is 1. The maximum Gasteiger partial charge on any atom is 0.251 e. The second kappa shape index (κ2) is 6.91. The van der Waals surface area contributed by atoms with Gasteiger partial charge in [-0.15, -0.1) is 11.3 Å². The first-order chi connectivity index (χ1) is 9.70. The van der Waals surface area contributed by atoms with E-state index in [4.69, 9.17) is 5.73 Å². The molecular weight excluding hydrogens is 272 g/mol. The number of thiazole rings is 1. The molecule has 5 nitrogen and oxygen atoms in total. The number of aromatic nitrogens is 1. The summed E-state index contributed by atoms with van der Waals surface area (Å²) in [6, 6.07) is 5.30. The smallest absolute Gasteiger partial charge is 0.251 e. The molecule has 1 amide bonds. The molecule has 2 rings (SSSR count). The Bertz CT molecular complexity index is 569. The molecule has 0 aliphatic rings. The zero-order valence-electron chi connectivity index (χ0n) is 11.3. The Balaban J connectivity index is 1.93. The molecule has 0 saturated carbocycles. The molecule has 20 heavy (non-hydrogen) atoms. The van der Waals surface area contributed by atoms with Gasteiger partial charge in [-0.05, 0) is 25.1 Å². The molecule has 1 aromatic carbocycles. The number of hydrogen-bond donors (Lipinski definition) is 3. The van der Waals surface area contributed by atoms with E-state index in [0.29, 0.717) is 17.8 Å². The van der Waals surface area contributed by atoms with Crippen LogP contribution >= 0.6 is 11.3 Å². The van der Waals surface area contributed by atoms with E-state index >= 15 is 0 Å². The van der Waals surface area contributed by atoms with Gasteiger partial charge < -0.3 is 16.4 Å². The van der Waals surface area contributed by atoms with Crippen molar-refractivity contribution in [3.63, 3.8) is 0 Å². The van der Waals surface area contributed by atoms with Crippen LogP contribution < -0.4 is 16.4 Å². The minimum Gasteiger partial charge on any atom is -0.397 e. The molecule has 0 aliphatic heterocycles. The highest BCUT2D eigenvalue weighted by Gasteiger charge is 2.07. The molecule has 1 heterocycles. The van der Waals surface area contributed by atoms with Gasteiger partial charge in [-0.2, -0.15) is 0 Å². The monoisotopic (exact) mass is 290 g/mol. The summed E-state index contributed by atoms with van der Waals surface area (Å²) < 4.78 is 0. The van der Waals surface area contributed by atoms with Gasteiger partial charge in [0.15, 0.2) is 0 Å². The van der Waals surface area contributed by atoms with Crippen molar-refractivity contribution in [3.8, 4) is 0 Å². The number of hydrogen-bond acceptors (Lipinski definition) is 5. The zero-order chi connectivity index (χ0) is 14.4. The zero-order valence-corrected chi connectivity index (χ0v) is 12.2. The van der Waals surface area contributed by atoms with Crippen molar-refractivity contribution in [2.75, 3.05) is 24.1 Å². The van der Waals surface area contributed by atoms with Crippen molar-refractivity contribution < 1.29 is 4.79 Å². The molecule has 0 fully saturated rings. The molecule has 0 spiro atoms. The molecule has 0 atom stereocenters. The Morgan fingerprint density at radius 2 is 2.30 bits per heavy atom. The van der Waals surface area contributed by atoms with Crippen LogP contribution in [0, 0.1) is 0 Å². The van der Waals surface area contributed by atoms with E-state index in [1.807, 2.05) is 18.4 Å². The number of anilines is 2. The predicted octanol–water partition coefficient (Wildman–Crippen LogP) is 2.13. The van der Waals surface area contributed by atoms with Gasteiger partial charge in [0.2, 0.25) is 0 Å². The van der Waals surface area contributed by atoms with Crippen LogP contribution in [0.5, 0.6) is 0 Å². The van der Waals surface area contributed by atoms with Crippen LogP contribution in [0.1, 0.15) is 22.3 Å². The minimum atomic E-state index is -0.103. The Labute approximate surface area is 122 Å². The van der Waals surface area contributed by atoms with Crippen LogP contribution in [0.15, 0.2) is 29.8 Å². The third-order valence-corrected chi connectivity index (χ3v) is 3.63. The topological polar surface area (TPSA) is 80.0 Å². The van der Waals surface area contributed by atoms with E-state index in [-0.39, 0.29) is 5.91 Å². The summed E-state index contributed by atoms with van der Waals surface area (Å²) in [5.41, 5.74) is 7.96. The van der Waals surface area contributed by atoms with Crippen LogP contribution in [0.2, 0.25) is 0 Å². The number of rotatable bonds is 6. The molecule has 0 radical (unpaired) electrons. The van der Waals surface area contributed by atoms with Crippen molar-refractivity contribution in [1.82, 2.24) is 10.3 Å². The van der Waals surface area contributed by atoms with Gasteiger partial charge in [0, 0.05) is 36.7 Å². The number of carbonyl (C=O) groups is 1. The summed E-state index contributed by atoms with van der Waals surface area (Å²) in [7, 11) is 0. The average molecular weight is 290 g/mol. The molecule has 0 saturated heterocycles. The number of carbonyl (C=O) groups excluding carboxylic acids is 1. The van der Waals surface area contributed by atoms with Gasteiger partial charge in [0.05, 0.1) is 16.4 Å². The highest BCUT2D eigenvalue weighted by Crippen LogP contribution is 2.20. The lowest BCUT2D eigenvalue weighted by Gasteiger charge is -2.10. The van der Waals surface area contributed by atoms with Gasteiger partial charge in [-0.1, -0.05) is 0 Å². The van der Waals surface area contributed by atoms with E-state index in [1.54, 1.807) is 29.7 Å². The fourth-order valence-electron chi connectivity index (χ4n) is 1.81. The van der Waals surface area contributed by atoms with Crippen molar-refractivity contribution in [3.05, 3.63) is 40.3 Å². The molecular formula is C14H18N4OS. The van der Waals surface area contributed by atoms with Crippen LogP contribution in [0.3, 0.4) is 0 Å². The summed E-state index contributed by atoms with van der Waals surface area (Å²) in [6.45, 7) is 3.25. The van der Waals surface area contributed by atoms with Gasteiger partial charge in [0.1, 0.15) is 0 Å². The van der Waals surface area contributed by atoms with E-state index in [1.165, 1.54) is 0 Å². The molecule has 2 aromatic rings. The Morgan fingerprint density at radius 3 is 2.95 bits per heavy atom. The molecule has 0 aliphatic carbocycles. The first-order valence-corrected chi connectivity index (χ1v) is 7.38. The lowest BCUT2D eigenvalue weighted by Crippen LogP contribution is -2.22. The van der Waals surface area contributed by atoms with Crippen LogP contribution in [-0.4, -0.2) is 24.0 Å². The lowest BCUT2D eigenvalue weighted by molar-refractivity contribution is 0.0956. The SMILES string of the molecule is CCNC(=O)c1ccc(NCCc2nccs2)c(N)c1. The van der Waals surface area contributed by atoms with Crippen LogP contribution in [-0.2, 0) is 6.42 Å². The van der Waals surface area contributed by atoms with Gasteiger partial charge in [-0.3, -0.25) is 4.79 Å². The highest BCUT2D eigenvalue weighted by atomic mass is 32.1. The number of nitrogens with zero attached hydrogens (tertiary/aromatic N) is 1. The fraction of sp³-hybridized carbons (Fsp3) is 0.286. The second-order valence-corrected chi connectivity index (χ2v) is 5.24. The number of nitrogen functional groups attached to an aromatic ring is 1. The Hall–Kier alpha value is -2.08. The molecule has 0 unspecified atom stereocenters. The molecule has 6 heteroatoms. The third kappa shape index (κ3) is 3.71. The number of nitrogens with one attached hydrogen (secondary N) is 2. The van der Waals surface area contributed by atoms with E-state index < -0.39 is 0 Å². The van der Waals surface area contributed by atoms with Gasteiger partial charge in [-0.25, -0.2) is 4.98 Å². The average Bonchev–Trinajstić information content (AvgIpc) is 2.94. The summed E-state index contributed by atoms with van der Waals surface area (Å²) in [6.07, 6.45) is 2.66. The standard InChI is InChI=1S/C14H18N4OS/c1-2-16-14(19)10-3-4-12(11(15)9-10)17-6-5-13-18-7-8-20-13/h3-4,7-9,17H,2,5-6,15H2,1H3,(H,16,19). The summed E-state index contributed by atoms with van der Waals surface area (Å²) >= 11 is 1.64. The van der Waals surface area contributed by atoms with Gasteiger partial charge in [0.25, 0.3) is 5.91 Å². The van der Waals surface area contributed by atoms with E-state index in [9.17, 15) is 4.79 Å². The summed E-state index contributed by atoms with van der Waals surface area (Å²) in [4.78, 5) is 15.9. The third-order valence-electron chi connectivity index (χ3n) is 2.79. The van der Waals surface area contributed by atoms with E-state index in [2.05, 4.69) is 15.6 Å². The first-order valence-electron chi connectivity index (χ1n) is 6.50. The van der Waals surface area contributed by atoms with Crippen molar-refractivity contribution in [2.45, 2.75) is 13.3 Å². The van der Waals surface area contributed by atoms with E-state index in [0.717, 1.165) is 23.7 Å². The maximum absolute atomic E-state index is 11.7. The molecule has 1 aromatic heterocycles. The largest absolute Gasteiger partial charge is 0.397 e. The normalized spacial score (nSPS) is 10.2. The van der Waals surface area contributed by atoms with Crippen LogP contribution in [0.25, 0.3) is 0 Å². The fourth-order valence-corrected chi connectivity index (χ4v) is 2.43. The maximum atomic E-state index is 11.7. The molecule has 0 bridgehead atoms. The van der Waals surface area contributed by atoms with Crippen molar-refractivity contribution in [1.29, 1.82) is 0 Å². The second-order valence-electron chi connectivity index (χ2n) is 4.26.